The standard InChI is InChI=1S/C19H39N/c1-6-8-10-12-19(5,11-9-7-2)17-20-15-13-18(3,4)14-16-20/h6-17H2,1-5H3. The minimum absolute atomic E-state index is 0.562. The number of unbranched alkanes of at least 4 members (excludes halogenated alkanes) is 3. The molecule has 0 saturated carbocycles. The summed E-state index contributed by atoms with van der Waals surface area (Å²) in [5, 5.41) is 0. The number of piperidine rings is 1. The summed E-state index contributed by atoms with van der Waals surface area (Å²) in [7, 11) is 0. The van der Waals surface area contributed by atoms with Gasteiger partial charge in [0.25, 0.3) is 0 Å². The van der Waals surface area contributed by atoms with Crippen LogP contribution >= 0.6 is 0 Å². The lowest BCUT2D eigenvalue weighted by molar-refractivity contribution is 0.0779. The zero-order valence-corrected chi connectivity index (χ0v) is 14.9. The third-order valence-corrected chi connectivity index (χ3v) is 5.33. The van der Waals surface area contributed by atoms with E-state index >= 15 is 0 Å². The second-order valence-corrected chi connectivity index (χ2v) is 8.31. The first-order valence-corrected chi connectivity index (χ1v) is 9.13. The predicted octanol–water partition coefficient (Wildman–Crippen LogP) is 5.89. The zero-order valence-electron chi connectivity index (χ0n) is 14.9. The Morgan fingerprint density at radius 2 is 1.45 bits per heavy atom. The molecule has 0 bridgehead atoms. The summed E-state index contributed by atoms with van der Waals surface area (Å²) in [5.74, 6) is 0. The van der Waals surface area contributed by atoms with Crippen LogP contribution < -0.4 is 0 Å². The van der Waals surface area contributed by atoms with E-state index in [1.165, 1.54) is 77.4 Å². The molecule has 0 aliphatic carbocycles. The molecule has 1 rings (SSSR count). The van der Waals surface area contributed by atoms with Gasteiger partial charge in [0.1, 0.15) is 0 Å². The van der Waals surface area contributed by atoms with Crippen molar-refractivity contribution in [2.45, 2.75) is 92.4 Å². The largest absolute Gasteiger partial charge is 0.303 e. The highest BCUT2D eigenvalue weighted by Gasteiger charge is 2.30. The molecule has 1 unspecified atom stereocenters. The minimum Gasteiger partial charge on any atom is -0.303 e. The third-order valence-electron chi connectivity index (χ3n) is 5.33. The Labute approximate surface area is 128 Å². The maximum absolute atomic E-state index is 2.76. The topological polar surface area (TPSA) is 3.24 Å². The van der Waals surface area contributed by atoms with E-state index in [1.807, 2.05) is 0 Å². The van der Waals surface area contributed by atoms with E-state index in [9.17, 15) is 0 Å². The van der Waals surface area contributed by atoms with E-state index in [0.717, 1.165) is 0 Å². The Morgan fingerprint density at radius 3 is 2.00 bits per heavy atom. The molecule has 1 atom stereocenters. The fourth-order valence-corrected chi connectivity index (χ4v) is 3.54. The smallest absolute Gasteiger partial charge is 0.00353 e. The normalized spacial score (nSPS) is 22.6. The van der Waals surface area contributed by atoms with Gasteiger partial charge in [0.15, 0.2) is 0 Å². The van der Waals surface area contributed by atoms with Crippen molar-refractivity contribution in [2.75, 3.05) is 19.6 Å². The van der Waals surface area contributed by atoms with E-state index < -0.39 is 0 Å². The van der Waals surface area contributed by atoms with Crippen molar-refractivity contribution in [3.8, 4) is 0 Å². The molecule has 1 heterocycles. The van der Waals surface area contributed by atoms with Crippen LogP contribution in [-0.2, 0) is 0 Å². The Hall–Kier alpha value is -0.0400. The number of hydrogen-bond acceptors (Lipinski definition) is 1. The van der Waals surface area contributed by atoms with Gasteiger partial charge < -0.3 is 4.90 Å². The molecule has 1 aliphatic heterocycles. The first kappa shape index (κ1) is 18.0. The maximum Gasteiger partial charge on any atom is 0.00353 e. The molecule has 0 aromatic heterocycles. The maximum atomic E-state index is 2.76. The van der Waals surface area contributed by atoms with Gasteiger partial charge in [-0.3, -0.25) is 0 Å². The average Bonchev–Trinajstić information content (AvgIpc) is 2.40. The minimum atomic E-state index is 0.562. The van der Waals surface area contributed by atoms with E-state index in [0.29, 0.717) is 10.8 Å². The second kappa shape index (κ2) is 8.41. The van der Waals surface area contributed by atoms with E-state index in [2.05, 4.69) is 39.5 Å². The fourth-order valence-electron chi connectivity index (χ4n) is 3.54. The van der Waals surface area contributed by atoms with Crippen molar-refractivity contribution >= 4 is 0 Å². The summed E-state index contributed by atoms with van der Waals surface area (Å²) in [6.07, 6.45) is 12.6. The Kier molecular flexibility index (Phi) is 7.58. The van der Waals surface area contributed by atoms with E-state index in [-0.39, 0.29) is 0 Å². The van der Waals surface area contributed by atoms with Crippen molar-refractivity contribution in [1.82, 2.24) is 4.90 Å². The lowest BCUT2D eigenvalue weighted by Crippen LogP contribution is -2.43. The van der Waals surface area contributed by atoms with Crippen LogP contribution in [0.3, 0.4) is 0 Å². The Morgan fingerprint density at radius 1 is 0.900 bits per heavy atom. The van der Waals surface area contributed by atoms with Gasteiger partial charge in [0.05, 0.1) is 0 Å². The number of likely N-dealkylation sites (tertiary alicyclic amines) is 1. The third kappa shape index (κ3) is 6.61. The summed E-state index contributed by atoms with van der Waals surface area (Å²) in [6.45, 7) is 16.0. The highest BCUT2D eigenvalue weighted by Crippen LogP contribution is 2.35. The van der Waals surface area contributed by atoms with Gasteiger partial charge in [-0.1, -0.05) is 66.7 Å². The van der Waals surface area contributed by atoms with Gasteiger partial charge in [-0.2, -0.15) is 0 Å². The van der Waals surface area contributed by atoms with Crippen molar-refractivity contribution in [1.29, 1.82) is 0 Å². The SMILES string of the molecule is CCCCCC(C)(CCCC)CN1CCC(C)(C)CC1. The van der Waals surface area contributed by atoms with Crippen LogP contribution in [0.5, 0.6) is 0 Å². The molecule has 0 radical (unpaired) electrons. The fraction of sp³-hybridized carbons (Fsp3) is 1.00. The summed E-state index contributed by atoms with van der Waals surface area (Å²) >= 11 is 0. The van der Waals surface area contributed by atoms with Crippen molar-refractivity contribution in [3.63, 3.8) is 0 Å². The number of rotatable bonds is 9. The molecule has 0 aromatic carbocycles. The molecule has 1 fully saturated rings. The van der Waals surface area contributed by atoms with Gasteiger partial charge in [-0.25, -0.2) is 0 Å². The molecule has 0 N–H and O–H groups in total. The van der Waals surface area contributed by atoms with Gasteiger partial charge in [-0.05, 0) is 49.6 Å². The first-order valence-electron chi connectivity index (χ1n) is 9.13. The lowest BCUT2D eigenvalue weighted by Gasteiger charge is -2.42. The van der Waals surface area contributed by atoms with Crippen molar-refractivity contribution in [3.05, 3.63) is 0 Å². The molecular weight excluding hydrogens is 242 g/mol. The Balaban J connectivity index is 2.46. The average molecular weight is 282 g/mol. The summed E-state index contributed by atoms with van der Waals surface area (Å²) in [4.78, 5) is 2.76. The number of nitrogens with zero attached hydrogens (tertiary/aromatic N) is 1. The van der Waals surface area contributed by atoms with Crippen LogP contribution in [0.15, 0.2) is 0 Å². The molecule has 0 aromatic rings. The molecule has 0 spiro atoms. The first-order chi connectivity index (χ1) is 9.41. The van der Waals surface area contributed by atoms with Crippen LogP contribution in [0.4, 0.5) is 0 Å². The highest BCUT2D eigenvalue weighted by atomic mass is 15.1. The number of hydrogen-bond donors (Lipinski definition) is 0. The van der Waals surface area contributed by atoms with Gasteiger partial charge in [-0.15, -0.1) is 0 Å². The second-order valence-electron chi connectivity index (χ2n) is 8.31. The van der Waals surface area contributed by atoms with Crippen LogP contribution in [0.1, 0.15) is 92.4 Å². The van der Waals surface area contributed by atoms with Crippen molar-refractivity contribution < 1.29 is 0 Å². The van der Waals surface area contributed by atoms with E-state index in [1.54, 1.807) is 0 Å². The molecule has 20 heavy (non-hydrogen) atoms. The lowest BCUT2D eigenvalue weighted by atomic mass is 9.77. The van der Waals surface area contributed by atoms with Crippen LogP contribution in [-0.4, -0.2) is 24.5 Å². The summed E-state index contributed by atoms with van der Waals surface area (Å²) in [5.41, 5.74) is 1.14. The summed E-state index contributed by atoms with van der Waals surface area (Å²) < 4.78 is 0. The quantitative estimate of drug-likeness (QED) is 0.477. The molecule has 1 heteroatoms. The molecule has 1 saturated heterocycles. The zero-order chi connectivity index (χ0) is 15.1. The van der Waals surface area contributed by atoms with Crippen LogP contribution in [0.25, 0.3) is 0 Å². The van der Waals surface area contributed by atoms with Gasteiger partial charge in [0, 0.05) is 6.54 Å². The van der Waals surface area contributed by atoms with Crippen LogP contribution in [0, 0.1) is 10.8 Å². The molecule has 1 nitrogen and oxygen atoms in total. The van der Waals surface area contributed by atoms with Crippen LogP contribution in [0.2, 0.25) is 0 Å². The predicted molar refractivity (Wildman–Crippen MR) is 91.2 cm³/mol. The monoisotopic (exact) mass is 281 g/mol. The van der Waals surface area contributed by atoms with E-state index in [4.69, 9.17) is 0 Å². The highest BCUT2D eigenvalue weighted by molar-refractivity contribution is 4.84. The summed E-state index contributed by atoms with van der Waals surface area (Å²) in [6, 6.07) is 0. The molecule has 0 amide bonds. The molecule has 120 valence electrons. The van der Waals surface area contributed by atoms with Gasteiger partial charge >= 0.3 is 0 Å². The Bertz CT molecular complexity index is 248. The molecule has 1 aliphatic rings. The molecular formula is C19H39N. The van der Waals surface area contributed by atoms with Crippen molar-refractivity contribution in [2.24, 2.45) is 10.8 Å². The van der Waals surface area contributed by atoms with Gasteiger partial charge in [0.2, 0.25) is 0 Å².